The number of hydrogen-bond donors (Lipinski definition) is 1. The summed E-state index contributed by atoms with van der Waals surface area (Å²) in [4.78, 5) is 28.0. The highest BCUT2D eigenvalue weighted by Crippen LogP contribution is 2.42. The summed E-state index contributed by atoms with van der Waals surface area (Å²) in [7, 11) is 1.94. The second-order valence-corrected chi connectivity index (χ2v) is 9.29. The van der Waals surface area contributed by atoms with Crippen molar-refractivity contribution in [1.82, 2.24) is 9.47 Å². The van der Waals surface area contributed by atoms with Crippen molar-refractivity contribution >= 4 is 28.4 Å². The van der Waals surface area contributed by atoms with Crippen LogP contribution in [0.1, 0.15) is 50.8 Å². The molecule has 0 aliphatic carbocycles. The first-order chi connectivity index (χ1) is 16.3. The molecule has 0 spiro atoms. The van der Waals surface area contributed by atoms with Crippen molar-refractivity contribution in [2.24, 2.45) is 13.0 Å². The lowest BCUT2D eigenvalue weighted by molar-refractivity contribution is -0.139. The first-order valence-corrected chi connectivity index (χ1v) is 11.9. The molecular weight excluding hydrogens is 428 g/mol. The molecule has 1 unspecified atom stereocenters. The minimum atomic E-state index is -0.655. The van der Waals surface area contributed by atoms with Gasteiger partial charge in [-0.05, 0) is 30.5 Å². The number of ketones is 1. The number of aromatic nitrogens is 1. The van der Waals surface area contributed by atoms with Gasteiger partial charge in [0.25, 0.3) is 11.7 Å². The van der Waals surface area contributed by atoms with Crippen molar-refractivity contribution in [3.8, 4) is 5.75 Å². The van der Waals surface area contributed by atoms with Crippen molar-refractivity contribution < 1.29 is 19.4 Å². The van der Waals surface area contributed by atoms with Crippen LogP contribution in [0.5, 0.6) is 5.75 Å². The number of fused-ring (bicyclic) bond motifs is 1. The zero-order valence-corrected chi connectivity index (χ0v) is 20.2. The number of aryl methyl sites for hydroxylation is 1. The number of aliphatic hydroxyl groups is 1. The normalized spacial score (nSPS) is 17.8. The quantitative estimate of drug-likeness (QED) is 0.276. The van der Waals surface area contributed by atoms with Crippen LogP contribution in [0.4, 0.5) is 0 Å². The molecule has 1 N–H and O–H groups in total. The highest BCUT2D eigenvalue weighted by Gasteiger charge is 2.46. The van der Waals surface area contributed by atoms with E-state index >= 15 is 0 Å². The minimum Gasteiger partial charge on any atom is -0.507 e. The number of ether oxygens (including phenoxy) is 1. The Hall–Kier alpha value is -3.54. The molecular formula is C28H32N2O4. The van der Waals surface area contributed by atoms with Gasteiger partial charge in [-0.1, -0.05) is 57.5 Å². The Morgan fingerprint density at radius 3 is 2.62 bits per heavy atom. The molecule has 1 saturated heterocycles. The molecule has 4 rings (SSSR count). The zero-order valence-electron chi connectivity index (χ0n) is 20.2. The number of carbonyl (C=O) groups excluding carboxylic acids is 2. The molecule has 0 radical (unpaired) electrons. The van der Waals surface area contributed by atoms with E-state index < -0.39 is 17.7 Å². The Kier molecular flexibility index (Phi) is 6.77. The van der Waals surface area contributed by atoms with Gasteiger partial charge in [0.15, 0.2) is 0 Å². The molecule has 178 valence electrons. The molecule has 34 heavy (non-hydrogen) atoms. The third kappa shape index (κ3) is 4.32. The average molecular weight is 461 g/mol. The van der Waals surface area contributed by atoms with Gasteiger partial charge in [-0.3, -0.25) is 9.59 Å². The molecule has 2 heterocycles. The summed E-state index contributed by atoms with van der Waals surface area (Å²) in [5, 5.41) is 12.3. The lowest BCUT2D eigenvalue weighted by Gasteiger charge is -2.24. The molecule has 1 aliphatic rings. The van der Waals surface area contributed by atoms with Gasteiger partial charge in [-0.25, -0.2) is 0 Å². The van der Waals surface area contributed by atoms with Crippen LogP contribution in [0.25, 0.3) is 16.7 Å². The third-order valence-corrected chi connectivity index (χ3v) is 6.21. The second-order valence-electron chi connectivity index (χ2n) is 9.29. The number of para-hydroxylation sites is 1. The lowest BCUT2D eigenvalue weighted by atomic mass is 9.95. The molecule has 3 aromatic rings. The Morgan fingerprint density at radius 1 is 1.12 bits per heavy atom. The minimum absolute atomic E-state index is 0.124. The number of likely N-dealkylation sites (tertiary alicyclic amines) is 1. The van der Waals surface area contributed by atoms with Crippen LogP contribution in [0.15, 0.2) is 60.3 Å². The molecule has 2 aromatic carbocycles. The number of rotatable bonds is 8. The number of amides is 1. The molecule has 6 heteroatoms. The van der Waals surface area contributed by atoms with E-state index in [1.807, 2.05) is 55.1 Å². The summed E-state index contributed by atoms with van der Waals surface area (Å²) < 4.78 is 7.81. The van der Waals surface area contributed by atoms with E-state index in [-0.39, 0.29) is 11.3 Å². The molecule has 1 fully saturated rings. The van der Waals surface area contributed by atoms with Crippen LogP contribution in [-0.2, 0) is 16.6 Å². The summed E-state index contributed by atoms with van der Waals surface area (Å²) in [5.74, 6) is -0.433. The van der Waals surface area contributed by atoms with E-state index in [9.17, 15) is 14.7 Å². The van der Waals surface area contributed by atoms with Crippen molar-refractivity contribution in [1.29, 1.82) is 0 Å². The number of nitrogens with zero attached hydrogens (tertiary/aromatic N) is 2. The molecule has 1 aromatic heterocycles. The van der Waals surface area contributed by atoms with Gasteiger partial charge in [0.2, 0.25) is 0 Å². The van der Waals surface area contributed by atoms with E-state index in [1.54, 1.807) is 23.1 Å². The van der Waals surface area contributed by atoms with Crippen molar-refractivity contribution in [2.75, 3.05) is 13.2 Å². The predicted molar refractivity (Wildman–Crippen MR) is 134 cm³/mol. The Labute approximate surface area is 200 Å². The maximum absolute atomic E-state index is 13.3. The van der Waals surface area contributed by atoms with Crippen molar-refractivity contribution in [3.05, 3.63) is 71.4 Å². The van der Waals surface area contributed by atoms with Crippen LogP contribution < -0.4 is 4.74 Å². The summed E-state index contributed by atoms with van der Waals surface area (Å²) in [6.07, 6.45) is 3.61. The van der Waals surface area contributed by atoms with Crippen LogP contribution in [0.3, 0.4) is 0 Å². The van der Waals surface area contributed by atoms with Crippen LogP contribution in [0, 0.1) is 5.92 Å². The Morgan fingerprint density at radius 2 is 1.88 bits per heavy atom. The summed E-state index contributed by atoms with van der Waals surface area (Å²) in [6.45, 7) is 7.16. The summed E-state index contributed by atoms with van der Waals surface area (Å²) in [5.41, 5.74) is 2.42. The van der Waals surface area contributed by atoms with E-state index in [1.165, 1.54) is 0 Å². The first-order valence-electron chi connectivity index (χ1n) is 11.9. The predicted octanol–water partition coefficient (Wildman–Crippen LogP) is 5.43. The molecule has 0 bridgehead atoms. The number of unbranched alkanes of at least 4 members (excludes halogenated alkanes) is 1. The van der Waals surface area contributed by atoms with Gasteiger partial charge in [-0.15, -0.1) is 0 Å². The maximum Gasteiger partial charge on any atom is 0.295 e. The number of hydrogen-bond acceptors (Lipinski definition) is 4. The smallest absolute Gasteiger partial charge is 0.295 e. The number of carbonyl (C=O) groups is 2. The Balaban J connectivity index is 1.87. The largest absolute Gasteiger partial charge is 0.507 e. The molecule has 1 amide bonds. The fourth-order valence-corrected chi connectivity index (χ4v) is 4.50. The highest BCUT2D eigenvalue weighted by molar-refractivity contribution is 6.46. The number of Topliss-reactive ketones (excluding diaryl/α,β-unsaturated/α-hetero) is 1. The topological polar surface area (TPSA) is 71.8 Å². The van der Waals surface area contributed by atoms with Gasteiger partial charge < -0.3 is 19.3 Å². The van der Waals surface area contributed by atoms with E-state index in [2.05, 4.69) is 13.8 Å². The van der Waals surface area contributed by atoms with Crippen molar-refractivity contribution in [2.45, 2.75) is 39.7 Å². The van der Waals surface area contributed by atoms with Gasteiger partial charge in [0.05, 0.1) is 18.2 Å². The van der Waals surface area contributed by atoms with E-state index in [0.717, 1.165) is 29.3 Å². The number of benzene rings is 2. The molecule has 6 nitrogen and oxygen atoms in total. The molecule has 1 aliphatic heterocycles. The fraction of sp³-hybridized carbons (Fsp3) is 0.357. The summed E-state index contributed by atoms with van der Waals surface area (Å²) in [6, 6.07) is 14.3. The number of aliphatic hydroxyl groups excluding tert-OH is 1. The first kappa shape index (κ1) is 23.6. The van der Waals surface area contributed by atoms with E-state index in [4.69, 9.17) is 4.74 Å². The fourth-order valence-electron chi connectivity index (χ4n) is 4.50. The van der Waals surface area contributed by atoms with Gasteiger partial charge in [-0.2, -0.15) is 0 Å². The summed E-state index contributed by atoms with van der Waals surface area (Å²) >= 11 is 0. The van der Waals surface area contributed by atoms with Gasteiger partial charge in [0, 0.05) is 41.8 Å². The maximum atomic E-state index is 13.3. The monoisotopic (exact) mass is 460 g/mol. The molecule has 0 saturated carbocycles. The van der Waals surface area contributed by atoms with Crippen LogP contribution in [-0.4, -0.2) is 39.4 Å². The average Bonchev–Trinajstić information content (AvgIpc) is 3.29. The van der Waals surface area contributed by atoms with Crippen LogP contribution in [0.2, 0.25) is 0 Å². The second kappa shape index (κ2) is 9.75. The SMILES string of the molecule is CCCCN1C(=O)C(=O)/C(=C(/O)c2cccc(OCC(C)C)c2)C1c1cn(C)c2ccccc12. The Bertz CT molecular complexity index is 1250. The zero-order chi connectivity index (χ0) is 24.4. The lowest BCUT2D eigenvalue weighted by Crippen LogP contribution is -2.30. The third-order valence-electron chi connectivity index (χ3n) is 6.21. The van der Waals surface area contributed by atoms with Gasteiger partial charge in [0.1, 0.15) is 11.5 Å². The van der Waals surface area contributed by atoms with Gasteiger partial charge >= 0.3 is 0 Å². The standard InChI is InChI=1S/C28H32N2O4/c1-5-6-14-30-25(22-16-29(4)23-13-8-7-12-21(22)23)24(27(32)28(30)33)26(31)19-10-9-11-20(15-19)34-17-18(2)3/h7-13,15-16,18,25,31H,5-6,14,17H2,1-4H3/b26-24+. The van der Waals surface area contributed by atoms with Crippen molar-refractivity contribution in [3.63, 3.8) is 0 Å². The van der Waals surface area contributed by atoms with E-state index in [0.29, 0.717) is 30.4 Å². The van der Waals surface area contributed by atoms with Crippen LogP contribution >= 0.6 is 0 Å². The highest BCUT2D eigenvalue weighted by atomic mass is 16.5. The molecule has 1 atom stereocenters.